The maximum atomic E-state index is 11.7. The first kappa shape index (κ1) is 23.0. The zero-order chi connectivity index (χ0) is 22.1. The number of carbonyl (C=O) groups excluding carboxylic acids is 1. The molecule has 1 aromatic heterocycles. The normalized spacial score (nSPS) is 12.0. The second kappa shape index (κ2) is 11.6. The average molecular weight is 442 g/mol. The van der Waals surface area contributed by atoms with Crippen LogP contribution in [0.1, 0.15) is 23.7 Å². The molecule has 0 saturated carbocycles. The van der Waals surface area contributed by atoms with Gasteiger partial charge in [-0.15, -0.1) is 10.2 Å². The van der Waals surface area contributed by atoms with Crippen molar-refractivity contribution in [1.82, 2.24) is 14.8 Å². The van der Waals surface area contributed by atoms with Gasteiger partial charge in [-0.3, -0.25) is 9.36 Å². The van der Waals surface area contributed by atoms with E-state index in [4.69, 9.17) is 9.47 Å². The number of benzene rings is 2. The third-order valence-corrected chi connectivity index (χ3v) is 5.72. The van der Waals surface area contributed by atoms with Crippen LogP contribution < -0.4 is 4.74 Å². The molecule has 2 aromatic carbocycles. The molecule has 1 N–H and O–H groups in total. The van der Waals surface area contributed by atoms with Gasteiger partial charge in [0.1, 0.15) is 12.4 Å². The highest BCUT2D eigenvalue weighted by Gasteiger charge is 2.16. The Hall–Kier alpha value is -2.68. The molecular weight excluding hydrogens is 414 g/mol. The summed E-state index contributed by atoms with van der Waals surface area (Å²) in [6.07, 6.45) is -0.216. The Morgan fingerprint density at radius 2 is 1.87 bits per heavy atom. The molecule has 0 radical (unpaired) electrons. The molecule has 0 aliphatic heterocycles. The average Bonchev–Trinajstić information content (AvgIpc) is 3.23. The van der Waals surface area contributed by atoms with Crippen molar-refractivity contribution in [3.05, 3.63) is 60.2 Å². The van der Waals surface area contributed by atoms with Crippen LogP contribution in [0, 0.1) is 0 Å². The Bertz CT molecular complexity index is 961. The van der Waals surface area contributed by atoms with Crippen molar-refractivity contribution < 1.29 is 19.4 Å². The minimum atomic E-state index is -0.685. The highest BCUT2D eigenvalue weighted by Crippen LogP contribution is 2.24. The summed E-state index contributed by atoms with van der Waals surface area (Å²) >= 11 is 1.42. The van der Waals surface area contributed by atoms with Gasteiger partial charge in [-0.05, 0) is 24.3 Å². The van der Waals surface area contributed by atoms with Crippen LogP contribution in [0.5, 0.6) is 5.75 Å². The number of ketones is 1. The predicted octanol–water partition coefficient (Wildman–Crippen LogP) is 3.72. The molecule has 3 rings (SSSR count). The van der Waals surface area contributed by atoms with Gasteiger partial charge in [0, 0.05) is 30.4 Å². The summed E-state index contributed by atoms with van der Waals surface area (Å²) in [4.78, 5) is 11.7. The standard InChI is InChI=1S/C23H27N3O4S/c1-3-21(28)17-9-11-20(12-10-17)30-15-19(27)16-31-23-25-24-22(26(23)13-14-29-2)18-7-5-4-6-8-18/h4-12,19,27H,3,13-16H2,1-2H3. The van der Waals surface area contributed by atoms with E-state index in [1.807, 2.05) is 41.8 Å². The SMILES string of the molecule is CCC(=O)c1ccc(OCC(O)CSc2nnc(-c3ccccc3)n2CCOC)cc1. The number of nitrogens with zero attached hydrogens (tertiary/aromatic N) is 3. The second-order valence-electron chi connectivity index (χ2n) is 6.89. The highest BCUT2D eigenvalue weighted by atomic mass is 32.2. The Morgan fingerprint density at radius 1 is 1.13 bits per heavy atom. The number of hydrogen-bond donors (Lipinski definition) is 1. The number of hydrogen-bond acceptors (Lipinski definition) is 7. The largest absolute Gasteiger partial charge is 0.491 e. The smallest absolute Gasteiger partial charge is 0.191 e. The Morgan fingerprint density at radius 3 is 2.55 bits per heavy atom. The number of aromatic nitrogens is 3. The summed E-state index contributed by atoms with van der Waals surface area (Å²) in [5, 5.41) is 19.7. The summed E-state index contributed by atoms with van der Waals surface area (Å²) in [7, 11) is 1.66. The number of aliphatic hydroxyl groups is 1. The first-order chi connectivity index (χ1) is 15.1. The summed E-state index contributed by atoms with van der Waals surface area (Å²) < 4.78 is 12.9. The van der Waals surface area contributed by atoms with E-state index >= 15 is 0 Å². The van der Waals surface area contributed by atoms with Gasteiger partial charge in [0.05, 0.1) is 19.3 Å². The third-order valence-electron chi connectivity index (χ3n) is 4.61. The molecule has 0 bridgehead atoms. The van der Waals surface area contributed by atoms with Crippen LogP contribution in [-0.4, -0.2) is 57.8 Å². The quantitative estimate of drug-likeness (QED) is 0.339. The van der Waals surface area contributed by atoms with E-state index in [1.165, 1.54) is 11.8 Å². The van der Waals surface area contributed by atoms with Crippen molar-refractivity contribution in [3.8, 4) is 17.1 Å². The van der Waals surface area contributed by atoms with Gasteiger partial charge in [0.15, 0.2) is 16.8 Å². The van der Waals surface area contributed by atoms with Crippen LogP contribution in [0.2, 0.25) is 0 Å². The number of Topliss-reactive ketones (excluding diaryl/α,β-unsaturated/α-hetero) is 1. The molecule has 0 fully saturated rings. The van der Waals surface area contributed by atoms with Crippen LogP contribution in [0.15, 0.2) is 59.8 Å². The lowest BCUT2D eigenvalue weighted by Gasteiger charge is -2.13. The van der Waals surface area contributed by atoms with E-state index in [9.17, 15) is 9.90 Å². The van der Waals surface area contributed by atoms with Gasteiger partial charge in [0.2, 0.25) is 0 Å². The lowest BCUT2D eigenvalue weighted by molar-refractivity contribution is 0.0987. The van der Waals surface area contributed by atoms with Gasteiger partial charge >= 0.3 is 0 Å². The van der Waals surface area contributed by atoms with Crippen molar-refractivity contribution in [3.63, 3.8) is 0 Å². The number of ether oxygens (including phenoxy) is 2. The molecule has 0 aliphatic carbocycles. The molecule has 1 unspecified atom stereocenters. The Kier molecular flexibility index (Phi) is 8.63. The number of methoxy groups -OCH3 is 1. The fraction of sp³-hybridized carbons (Fsp3) is 0.348. The number of aliphatic hydroxyl groups excluding tert-OH is 1. The predicted molar refractivity (Wildman–Crippen MR) is 121 cm³/mol. The lowest BCUT2D eigenvalue weighted by Crippen LogP contribution is -2.20. The van der Waals surface area contributed by atoms with E-state index < -0.39 is 6.10 Å². The zero-order valence-electron chi connectivity index (χ0n) is 17.7. The summed E-state index contributed by atoms with van der Waals surface area (Å²) in [6.45, 7) is 3.13. The number of carbonyl (C=O) groups is 1. The minimum Gasteiger partial charge on any atom is -0.491 e. The minimum absolute atomic E-state index is 0.0930. The lowest BCUT2D eigenvalue weighted by atomic mass is 10.1. The van der Waals surface area contributed by atoms with Crippen molar-refractivity contribution in [2.75, 3.05) is 26.1 Å². The van der Waals surface area contributed by atoms with Crippen LogP contribution in [0.4, 0.5) is 0 Å². The van der Waals surface area contributed by atoms with Gasteiger partial charge in [-0.25, -0.2) is 0 Å². The maximum absolute atomic E-state index is 11.7. The van der Waals surface area contributed by atoms with Crippen molar-refractivity contribution in [1.29, 1.82) is 0 Å². The molecule has 1 atom stereocenters. The van der Waals surface area contributed by atoms with E-state index in [1.54, 1.807) is 31.4 Å². The molecule has 0 aliphatic rings. The molecule has 3 aromatic rings. The van der Waals surface area contributed by atoms with Crippen LogP contribution in [-0.2, 0) is 11.3 Å². The molecule has 31 heavy (non-hydrogen) atoms. The van der Waals surface area contributed by atoms with Crippen molar-refractivity contribution in [2.45, 2.75) is 31.1 Å². The molecule has 0 spiro atoms. The maximum Gasteiger partial charge on any atom is 0.191 e. The van der Waals surface area contributed by atoms with E-state index in [0.717, 1.165) is 16.5 Å². The van der Waals surface area contributed by atoms with E-state index in [-0.39, 0.29) is 12.4 Å². The highest BCUT2D eigenvalue weighted by molar-refractivity contribution is 7.99. The fourth-order valence-corrected chi connectivity index (χ4v) is 3.80. The molecule has 8 heteroatoms. The number of rotatable bonds is 12. The molecule has 0 saturated heterocycles. The molecule has 1 heterocycles. The molecular formula is C23H27N3O4S. The topological polar surface area (TPSA) is 86.5 Å². The first-order valence-electron chi connectivity index (χ1n) is 10.2. The summed E-state index contributed by atoms with van der Waals surface area (Å²) in [5.41, 5.74) is 1.64. The Labute approximate surface area is 186 Å². The van der Waals surface area contributed by atoms with Crippen molar-refractivity contribution in [2.24, 2.45) is 0 Å². The fourth-order valence-electron chi connectivity index (χ4n) is 2.93. The summed E-state index contributed by atoms with van der Waals surface area (Å²) in [5.74, 6) is 1.89. The van der Waals surface area contributed by atoms with Gasteiger partial charge in [-0.2, -0.15) is 0 Å². The summed E-state index contributed by atoms with van der Waals surface area (Å²) in [6, 6.07) is 16.8. The zero-order valence-corrected chi connectivity index (χ0v) is 18.5. The first-order valence-corrected chi connectivity index (χ1v) is 11.2. The van der Waals surface area contributed by atoms with Crippen LogP contribution in [0.3, 0.4) is 0 Å². The van der Waals surface area contributed by atoms with Crippen LogP contribution >= 0.6 is 11.8 Å². The monoisotopic (exact) mass is 441 g/mol. The van der Waals surface area contributed by atoms with Gasteiger partial charge < -0.3 is 14.6 Å². The number of thioether (sulfide) groups is 1. The second-order valence-corrected chi connectivity index (χ2v) is 7.88. The molecule has 7 nitrogen and oxygen atoms in total. The van der Waals surface area contributed by atoms with Gasteiger partial charge in [-0.1, -0.05) is 49.0 Å². The van der Waals surface area contributed by atoms with E-state index in [0.29, 0.717) is 36.6 Å². The van der Waals surface area contributed by atoms with Crippen LogP contribution in [0.25, 0.3) is 11.4 Å². The molecule has 0 amide bonds. The third kappa shape index (κ3) is 6.40. The van der Waals surface area contributed by atoms with E-state index in [2.05, 4.69) is 10.2 Å². The van der Waals surface area contributed by atoms with Gasteiger partial charge in [0.25, 0.3) is 0 Å². The Balaban J connectivity index is 1.57. The van der Waals surface area contributed by atoms with Crippen molar-refractivity contribution >= 4 is 17.5 Å². The molecule has 164 valence electrons.